The average Bonchev–Trinajstić information content (AvgIpc) is 3.00. The minimum Gasteiger partial charge on any atom is -0.240 e. The van der Waals surface area contributed by atoms with Gasteiger partial charge in [0.1, 0.15) is 0 Å². The molecule has 2 heterocycles. The molecule has 1 aliphatic heterocycles. The molecule has 0 saturated carbocycles. The van der Waals surface area contributed by atoms with Gasteiger partial charge in [-0.2, -0.15) is 5.10 Å². The van der Waals surface area contributed by atoms with Crippen molar-refractivity contribution >= 4 is 21.8 Å². The lowest BCUT2D eigenvalue weighted by molar-refractivity contribution is 0.780. The van der Waals surface area contributed by atoms with Gasteiger partial charge in [0.05, 0.1) is 17.4 Å². The molecular formula is C10H6BrN6. The second kappa shape index (κ2) is 4.10. The molecule has 0 fully saturated rings. The van der Waals surface area contributed by atoms with E-state index < -0.39 is 0 Å². The van der Waals surface area contributed by atoms with Crippen LogP contribution in [0.1, 0.15) is 5.56 Å². The van der Waals surface area contributed by atoms with Gasteiger partial charge in [0.2, 0.25) is 5.84 Å². The smallest absolute Gasteiger partial charge is 0.210 e. The van der Waals surface area contributed by atoms with Crippen LogP contribution in [-0.2, 0) is 0 Å². The van der Waals surface area contributed by atoms with E-state index >= 15 is 0 Å². The molecule has 0 aliphatic carbocycles. The molecule has 17 heavy (non-hydrogen) atoms. The lowest BCUT2D eigenvalue weighted by Gasteiger charge is -2.00. The summed E-state index contributed by atoms with van der Waals surface area (Å²) in [4.78, 5) is 0. The number of hydrogen-bond donors (Lipinski definition) is 0. The van der Waals surface area contributed by atoms with Gasteiger partial charge in [-0.1, -0.05) is 22.0 Å². The summed E-state index contributed by atoms with van der Waals surface area (Å²) < 4.78 is 2.75. The number of halogens is 1. The summed E-state index contributed by atoms with van der Waals surface area (Å²) in [6.07, 6.45) is 3.51. The van der Waals surface area contributed by atoms with Crippen LogP contribution in [0, 0.1) is 0 Å². The van der Waals surface area contributed by atoms with Crippen LogP contribution in [0.2, 0.25) is 0 Å². The molecule has 0 saturated heterocycles. The maximum Gasteiger partial charge on any atom is 0.210 e. The van der Waals surface area contributed by atoms with Crippen molar-refractivity contribution in [3.8, 4) is 5.69 Å². The summed E-state index contributed by atoms with van der Waals surface area (Å²) in [7, 11) is 0. The third kappa shape index (κ3) is 1.96. The minimum absolute atomic E-state index is 0.478. The Balaban J connectivity index is 1.97. The van der Waals surface area contributed by atoms with E-state index in [1.54, 1.807) is 10.9 Å². The molecule has 83 valence electrons. The van der Waals surface area contributed by atoms with Crippen LogP contribution in [0.5, 0.6) is 0 Å². The zero-order chi connectivity index (χ0) is 11.7. The molecule has 0 unspecified atom stereocenters. The summed E-state index contributed by atoms with van der Waals surface area (Å²) in [5.41, 5.74) is 5.18. The molecule has 1 radical (unpaired) electrons. The second-order valence-electron chi connectivity index (χ2n) is 3.36. The Kier molecular flexibility index (Phi) is 2.45. The Morgan fingerprint density at radius 3 is 2.94 bits per heavy atom. The van der Waals surface area contributed by atoms with Crippen molar-refractivity contribution in [3.05, 3.63) is 46.7 Å². The van der Waals surface area contributed by atoms with E-state index in [4.69, 9.17) is 0 Å². The zero-order valence-corrected chi connectivity index (χ0v) is 10.1. The standard InChI is InChI=1S/C10H6BrN6/c11-8-2-1-3-9(4-8)17-6-7(5-12-17)10-13-15-16-14-10/h1-6H. The third-order valence-corrected chi connectivity index (χ3v) is 2.73. The van der Waals surface area contributed by atoms with E-state index in [2.05, 4.69) is 42.0 Å². The SMILES string of the molecule is Brc1cccc(-n2cc(C3=N[N]N=N3)cn2)c1. The highest BCUT2D eigenvalue weighted by molar-refractivity contribution is 9.10. The maximum absolute atomic E-state index is 4.24. The Bertz CT molecular complexity index is 615. The lowest BCUT2D eigenvalue weighted by Crippen LogP contribution is -1.95. The van der Waals surface area contributed by atoms with Crippen LogP contribution in [-0.4, -0.2) is 15.6 Å². The molecule has 0 atom stereocenters. The first kappa shape index (κ1) is 10.2. The van der Waals surface area contributed by atoms with E-state index in [0.29, 0.717) is 5.84 Å². The molecule has 1 aromatic heterocycles. The first-order valence-electron chi connectivity index (χ1n) is 4.82. The van der Waals surface area contributed by atoms with Crippen LogP contribution in [0.3, 0.4) is 0 Å². The molecular weight excluding hydrogens is 284 g/mol. The van der Waals surface area contributed by atoms with Gasteiger partial charge in [-0.15, -0.1) is 10.2 Å². The largest absolute Gasteiger partial charge is 0.240 e. The van der Waals surface area contributed by atoms with Gasteiger partial charge in [-0.05, 0) is 29.0 Å². The van der Waals surface area contributed by atoms with Crippen molar-refractivity contribution in [1.29, 1.82) is 0 Å². The van der Waals surface area contributed by atoms with Crippen LogP contribution in [0.25, 0.3) is 5.69 Å². The van der Waals surface area contributed by atoms with Crippen molar-refractivity contribution in [2.24, 2.45) is 15.4 Å². The quantitative estimate of drug-likeness (QED) is 0.836. The number of nitrogens with zero attached hydrogens (tertiary/aromatic N) is 6. The number of amidine groups is 1. The fraction of sp³-hybridized carbons (Fsp3) is 0. The summed E-state index contributed by atoms with van der Waals surface area (Å²) in [5.74, 6) is 0.478. The molecule has 1 aromatic carbocycles. The van der Waals surface area contributed by atoms with Gasteiger partial charge < -0.3 is 0 Å². The first-order valence-corrected chi connectivity index (χ1v) is 5.62. The van der Waals surface area contributed by atoms with Gasteiger partial charge in [-0.25, -0.2) is 4.68 Å². The first-order chi connectivity index (χ1) is 8.33. The number of benzene rings is 1. The van der Waals surface area contributed by atoms with Crippen LogP contribution in [0.4, 0.5) is 0 Å². The van der Waals surface area contributed by atoms with Gasteiger partial charge in [0.25, 0.3) is 0 Å². The highest BCUT2D eigenvalue weighted by atomic mass is 79.9. The number of hydrogen-bond acceptors (Lipinski definition) is 4. The summed E-state index contributed by atoms with van der Waals surface area (Å²) in [6, 6.07) is 7.84. The van der Waals surface area contributed by atoms with Crippen LogP contribution in [0.15, 0.2) is 56.6 Å². The van der Waals surface area contributed by atoms with E-state index in [1.165, 1.54) is 0 Å². The number of aromatic nitrogens is 2. The second-order valence-corrected chi connectivity index (χ2v) is 4.27. The summed E-state index contributed by atoms with van der Waals surface area (Å²) >= 11 is 3.42. The molecule has 7 heteroatoms. The minimum atomic E-state index is 0.478. The molecule has 0 amide bonds. The molecule has 6 nitrogen and oxygen atoms in total. The summed E-state index contributed by atoms with van der Waals surface area (Å²) in [6.45, 7) is 0. The zero-order valence-electron chi connectivity index (χ0n) is 8.53. The highest BCUT2D eigenvalue weighted by Gasteiger charge is 2.10. The van der Waals surface area contributed by atoms with Crippen molar-refractivity contribution in [3.63, 3.8) is 0 Å². The Labute approximate surface area is 105 Å². The van der Waals surface area contributed by atoms with E-state index in [-0.39, 0.29) is 0 Å². The molecule has 3 rings (SSSR count). The monoisotopic (exact) mass is 289 g/mol. The van der Waals surface area contributed by atoms with Gasteiger partial charge in [0, 0.05) is 10.7 Å². The van der Waals surface area contributed by atoms with Crippen molar-refractivity contribution in [2.75, 3.05) is 0 Å². The average molecular weight is 290 g/mol. The van der Waals surface area contributed by atoms with Gasteiger partial charge >= 0.3 is 0 Å². The van der Waals surface area contributed by atoms with Crippen molar-refractivity contribution in [2.45, 2.75) is 0 Å². The molecule has 1 aliphatic rings. The summed E-state index contributed by atoms with van der Waals surface area (Å²) in [5, 5.41) is 15.2. The van der Waals surface area contributed by atoms with Gasteiger partial charge in [0.15, 0.2) is 0 Å². The highest BCUT2D eigenvalue weighted by Crippen LogP contribution is 2.16. The predicted molar refractivity (Wildman–Crippen MR) is 64.8 cm³/mol. The van der Waals surface area contributed by atoms with Crippen molar-refractivity contribution < 1.29 is 0 Å². The van der Waals surface area contributed by atoms with Crippen LogP contribution < -0.4 is 5.53 Å². The number of rotatable bonds is 2. The topological polar surface area (TPSA) is 69.0 Å². The predicted octanol–water partition coefficient (Wildman–Crippen LogP) is 2.28. The fourth-order valence-electron chi connectivity index (χ4n) is 1.46. The van der Waals surface area contributed by atoms with Crippen LogP contribution >= 0.6 is 15.9 Å². The normalized spacial score (nSPS) is 13.6. The fourth-order valence-corrected chi connectivity index (χ4v) is 1.85. The van der Waals surface area contributed by atoms with E-state index in [0.717, 1.165) is 15.7 Å². The molecule has 2 aromatic rings. The third-order valence-electron chi connectivity index (χ3n) is 2.23. The Hall–Kier alpha value is -2.02. The molecule has 0 N–H and O–H groups in total. The maximum atomic E-state index is 4.24. The van der Waals surface area contributed by atoms with E-state index in [1.807, 2.05) is 30.5 Å². The Morgan fingerprint density at radius 2 is 2.18 bits per heavy atom. The van der Waals surface area contributed by atoms with E-state index in [9.17, 15) is 0 Å². The Morgan fingerprint density at radius 1 is 1.24 bits per heavy atom. The lowest BCUT2D eigenvalue weighted by atomic mass is 10.3. The molecule has 0 spiro atoms. The van der Waals surface area contributed by atoms with Crippen molar-refractivity contribution in [1.82, 2.24) is 15.3 Å². The molecule has 0 bridgehead atoms. The van der Waals surface area contributed by atoms with Gasteiger partial charge in [-0.3, -0.25) is 0 Å².